The summed E-state index contributed by atoms with van der Waals surface area (Å²) < 4.78 is 0. The van der Waals surface area contributed by atoms with Crippen molar-refractivity contribution >= 4 is 28.5 Å². The minimum Gasteiger partial charge on any atom is -0.367 e. The summed E-state index contributed by atoms with van der Waals surface area (Å²) in [6.45, 7) is 0. The van der Waals surface area contributed by atoms with Crippen LogP contribution < -0.4 is 5.32 Å². The van der Waals surface area contributed by atoms with Gasteiger partial charge in [0.05, 0.1) is 0 Å². The molecule has 0 atom stereocenters. The topological polar surface area (TPSA) is 53.6 Å². The molecule has 0 aliphatic heterocycles. The molecule has 0 unspecified atom stereocenters. The van der Waals surface area contributed by atoms with Crippen molar-refractivity contribution in [3.63, 3.8) is 0 Å². The maximum Gasteiger partial charge on any atom is 0.137 e. The van der Waals surface area contributed by atoms with Gasteiger partial charge in [-0.15, -0.1) is 0 Å². The first-order valence-corrected chi connectivity index (χ1v) is 7.54. The number of fused-ring (bicyclic) bond motifs is 1. The quantitative estimate of drug-likeness (QED) is 0.711. The number of hydrogen-bond acceptors (Lipinski definition) is 3. The van der Waals surface area contributed by atoms with Gasteiger partial charge in [0.1, 0.15) is 16.6 Å². The van der Waals surface area contributed by atoms with Gasteiger partial charge in [0.15, 0.2) is 0 Å². The van der Waals surface area contributed by atoms with Crippen LogP contribution in [0.15, 0.2) is 36.7 Å². The Morgan fingerprint density at radius 2 is 2.19 bits per heavy atom. The molecule has 1 saturated carbocycles. The Kier molecular flexibility index (Phi) is 3.04. The lowest BCUT2D eigenvalue weighted by atomic mass is 9.93. The Morgan fingerprint density at radius 3 is 3.00 bits per heavy atom. The molecule has 5 heteroatoms. The minimum absolute atomic E-state index is 0.507. The Balaban J connectivity index is 1.76. The lowest BCUT2D eigenvalue weighted by Gasteiger charge is -2.27. The Bertz CT molecular complexity index is 792. The van der Waals surface area contributed by atoms with Gasteiger partial charge in [-0.25, -0.2) is 9.97 Å². The number of aromatic nitrogens is 3. The SMILES string of the molecule is Clc1cc(-c2c[nH]c3ncccc23)cc(NC2CCC2)n1. The summed E-state index contributed by atoms with van der Waals surface area (Å²) in [5.74, 6) is 0.848. The molecule has 1 fully saturated rings. The number of nitrogens with one attached hydrogen (secondary N) is 2. The molecule has 106 valence electrons. The molecule has 2 N–H and O–H groups in total. The predicted octanol–water partition coefficient (Wildman–Crippen LogP) is 4.24. The summed E-state index contributed by atoms with van der Waals surface area (Å²) in [7, 11) is 0. The van der Waals surface area contributed by atoms with E-state index in [4.69, 9.17) is 11.6 Å². The van der Waals surface area contributed by atoms with Crippen molar-refractivity contribution < 1.29 is 0 Å². The van der Waals surface area contributed by atoms with Gasteiger partial charge in [0, 0.05) is 29.4 Å². The second-order valence-electron chi connectivity index (χ2n) is 5.44. The first-order valence-electron chi connectivity index (χ1n) is 7.16. The van der Waals surface area contributed by atoms with Crippen LogP contribution in [-0.2, 0) is 0 Å². The monoisotopic (exact) mass is 298 g/mol. The third kappa shape index (κ3) is 2.36. The zero-order chi connectivity index (χ0) is 14.2. The van der Waals surface area contributed by atoms with Crippen molar-refractivity contribution in [1.29, 1.82) is 0 Å². The molecule has 1 aliphatic rings. The highest BCUT2D eigenvalue weighted by Crippen LogP contribution is 2.31. The fourth-order valence-electron chi connectivity index (χ4n) is 2.68. The van der Waals surface area contributed by atoms with E-state index in [-0.39, 0.29) is 0 Å². The molecule has 4 rings (SSSR count). The maximum atomic E-state index is 6.19. The van der Waals surface area contributed by atoms with Crippen LogP contribution in [0.1, 0.15) is 19.3 Å². The number of H-pyrrole nitrogens is 1. The molecule has 1 aliphatic carbocycles. The molecule has 0 amide bonds. The van der Waals surface area contributed by atoms with Gasteiger partial charge in [-0.1, -0.05) is 11.6 Å². The van der Waals surface area contributed by atoms with Crippen molar-refractivity contribution in [2.24, 2.45) is 0 Å². The summed E-state index contributed by atoms with van der Waals surface area (Å²) in [5, 5.41) is 5.05. The average molecular weight is 299 g/mol. The largest absolute Gasteiger partial charge is 0.367 e. The first kappa shape index (κ1) is 12.7. The number of aromatic amines is 1. The van der Waals surface area contributed by atoms with Gasteiger partial charge in [0.2, 0.25) is 0 Å². The number of pyridine rings is 2. The van der Waals surface area contributed by atoms with Gasteiger partial charge < -0.3 is 10.3 Å². The van der Waals surface area contributed by atoms with Gasteiger partial charge in [-0.2, -0.15) is 0 Å². The molecule has 0 radical (unpaired) electrons. The Hall–Kier alpha value is -2.07. The van der Waals surface area contributed by atoms with Crippen molar-refractivity contribution in [3.05, 3.63) is 41.8 Å². The highest BCUT2D eigenvalue weighted by molar-refractivity contribution is 6.29. The third-order valence-electron chi connectivity index (χ3n) is 4.01. The predicted molar refractivity (Wildman–Crippen MR) is 85.6 cm³/mol. The summed E-state index contributed by atoms with van der Waals surface area (Å²) in [6, 6.07) is 8.48. The van der Waals surface area contributed by atoms with E-state index in [9.17, 15) is 0 Å². The van der Waals surface area contributed by atoms with Crippen LogP contribution in [0, 0.1) is 0 Å². The van der Waals surface area contributed by atoms with Crippen LogP contribution in [0.4, 0.5) is 5.82 Å². The molecule has 3 aromatic heterocycles. The second-order valence-corrected chi connectivity index (χ2v) is 5.83. The zero-order valence-electron chi connectivity index (χ0n) is 11.4. The summed E-state index contributed by atoms with van der Waals surface area (Å²) in [4.78, 5) is 11.9. The maximum absolute atomic E-state index is 6.19. The Morgan fingerprint density at radius 1 is 1.29 bits per heavy atom. The molecular weight excluding hydrogens is 284 g/mol. The van der Waals surface area contributed by atoms with E-state index < -0.39 is 0 Å². The van der Waals surface area contributed by atoms with Crippen molar-refractivity contribution in [3.8, 4) is 11.1 Å². The smallest absolute Gasteiger partial charge is 0.137 e. The van der Waals surface area contributed by atoms with E-state index in [0.717, 1.165) is 28.0 Å². The lowest BCUT2D eigenvalue weighted by molar-refractivity contribution is 0.444. The molecular formula is C16H15ClN4. The van der Waals surface area contributed by atoms with Gasteiger partial charge in [0.25, 0.3) is 0 Å². The second kappa shape index (κ2) is 5.04. The number of anilines is 1. The molecule has 3 heterocycles. The number of hydrogen-bond donors (Lipinski definition) is 2. The molecule has 21 heavy (non-hydrogen) atoms. The van der Waals surface area contributed by atoms with Gasteiger partial charge >= 0.3 is 0 Å². The average Bonchev–Trinajstić information content (AvgIpc) is 2.86. The van der Waals surface area contributed by atoms with E-state index in [1.54, 1.807) is 6.20 Å². The Labute approximate surface area is 127 Å². The molecule has 0 aromatic carbocycles. The van der Waals surface area contributed by atoms with E-state index in [1.807, 2.05) is 18.3 Å². The van der Waals surface area contributed by atoms with Crippen LogP contribution >= 0.6 is 11.6 Å². The van der Waals surface area contributed by atoms with Crippen LogP contribution in [0.3, 0.4) is 0 Å². The molecule has 0 bridgehead atoms. The van der Waals surface area contributed by atoms with Crippen LogP contribution in [-0.4, -0.2) is 21.0 Å². The van der Waals surface area contributed by atoms with Crippen molar-refractivity contribution in [1.82, 2.24) is 15.0 Å². The lowest BCUT2D eigenvalue weighted by Crippen LogP contribution is -2.27. The normalized spacial score (nSPS) is 15.1. The van der Waals surface area contributed by atoms with Crippen molar-refractivity contribution in [2.75, 3.05) is 5.32 Å². The van der Waals surface area contributed by atoms with Gasteiger partial charge in [-0.3, -0.25) is 0 Å². The van der Waals surface area contributed by atoms with E-state index >= 15 is 0 Å². The number of halogens is 1. The first-order chi connectivity index (χ1) is 10.3. The number of nitrogens with zero attached hydrogens (tertiary/aromatic N) is 2. The van der Waals surface area contributed by atoms with Crippen molar-refractivity contribution in [2.45, 2.75) is 25.3 Å². The van der Waals surface area contributed by atoms with Crippen LogP contribution in [0.2, 0.25) is 5.15 Å². The fourth-order valence-corrected chi connectivity index (χ4v) is 2.89. The molecule has 4 nitrogen and oxygen atoms in total. The summed E-state index contributed by atoms with van der Waals surface area (Å²) in [5.41, 5.74) is 3.03. The van der Waals surface area contributed by atoms with E-state index in [0.29, 0.717) is 11.2 Å². The number of rotatable bonds is 3. The summed E-state index contributed by atoms with van der Waals surface area (Å²) >= 11 is 6.19. The van der Waals surface area contributed by atoms with Crippen LogP contribution in [0.25, 0.3) is 22.2 Å². The van der Waals surface area contributed by atoms with E-state index in [2.05, 4.69) is 32.4 Å². The highest BCUT2D eigenvalue weighted by atomic mass is 35.5. The summed E-state index contributed by atoms with van der Waals surface area (Å²) in [6.07, 6.45) is 7.46. The van der Waals surface area contributed by atoms with Crippen LogP contribution in [0.5, 0.6) is 0 Å². The highest BCUT2D eigenvalue weighted by Gasteiger charge is 2.18. The zero-order valence-corrected chi connectivity index (χ0v) is 12.2. The van der Waals surface area contributed by atoms with Gasteiger partial charge in [-0.05, 0) is 49.1 Å². The fraction of sp³-hybridized carbons (Fsp3) is 0.250. The minimum atomic E-state index is 0.507. The standard InChI is InChI=1S/C16H15ClN4/c17-14-7-10(8-15(21-14)20-11-3-1-4-11)13-9-19-16-12(13)5-2-6-18-16/h2,5-9,11H,1,3-4H2,(H,18,19)(H,20,21). The molecule has 0 spiro atoms. The third-order valence-corrected chi connectivity index (χ3v) is 4.21. The molecule has 3 aromatic rings. The van der Waals surface area contributed by atoms with E-state index in [1.165, 1.54) is 19.3 Å². The molecule has 0 saturated heterocycles.